The Bertz CT molecular complexity index is 326. The average Bonchev–Trinajstić information content (AvgIpc) is 2.58. The second-order valence-electron chi connectivity index (χ2n) is 6.18. The smallest absolute Gasteiger partial charge is 0.160 e. The van der Waals surface area contributed by atoms with Gasteiger partial charge in [-0.05, 0) is 0 Å². The molecule has 10 atom stereocenters. The minimum atomic E-state index is -1.13. The van der Waals surface area contributed by atoms with Crippen LogP contribution in [0.2, 0.25) is 0 Å². The van der Waals surface area contributed by atoms with E-state index in [0.29, 0.717) is 0 Å². The lowest BCUT2D eigenvalue weighted by atomic mass is 9.93. The van der Waals surface area contributed by atoms with Crippen molar-refractivity contribution in [1.82, 2.24) is 0 Å². The molecule has 0 radical (unpaired) electrons. The zero-order valence-corrected chi connectivity index (χ0v) is 13.6. The molecule has 0 spiro atoms. The molecule has 2 heterocycles. The minimum absolute atomic E-state index is 0.415. The summed E-state index contributed by atoms with van der Waals surface area (Å²) in [5.41, 5.74) is 0. The lowest BCUT2D eigenvalue weighted by Gasteiger charge is -2.38. The van der Waals surface area contributed by atoms with Crippen molar-refractivity contribution in [2.75, 3.05) is 13.2 Å². The van der Waals surface area contributed by atoms with Gasteiger partial charge in [0, 0.05) is 11.8 Å². The van der Waals surface area contributed by atoms with Gasteiger partial charge >= 0.3 is 0 Å². The standard InChI is InChI=1S/2C7H14O5/c2*1-3-5(9)6(10)4(2-8)12-7(3)11/h2*3-11H,2H2,1H3/t2*3?,4?,5-,6+,7+/m10/s1. The van der Waals surface area contributed by atoms with Crippen LogP contribution in [0.3, 0.4) is 0 Å². The number of hydrogen-bond donors (Lipinski definition) is 8. The third kappa shape index (κ3) is 4.82. The molecule has 8 N–H and O–H groups in total. The minimum Gasteiger partial charge on any atom is -0.394 e. The lowest BCUT2D eigenvalue weighted by molar-refractivity contribution is -0.266. The molecule has 144 valence electrons. The Balaban J connectivity index is 0.000000240. The van der Waals surface area contributed by atoms with E-state index in [1.165, 1.54) is 0 Å². The van der Waals surface area contributed by atoms with E-state index in [9.17, 15) is 20.4 Å². The topological polar surface area (TPSA) is 180 Å². The molecule has 2 saturated heterocycles. The number of hydrogen-bond acceptors (Lipinski definition) is 10. The maximum absolute atomic E-state index is 9.32. The van der Waals surface area contributed by atoms with Gasteiger partial charge in [-0.1, -0.05) is 13.8 Å². The molecule has 0 aromatic carbocycles. The van der Waals surface area contributed by atoms with Gasteiger partial charge in [0.05, 0.1) is 25.4 Å². The molecule has 2 rings (SSSR count). The quantitative estimate of drug-likeness (QED) is 0.244. The molecule has 0 aromatic rings. The maximum Gasteiger partial charge on any atom is 0.160 e. The monoisotopic (exact) mass is 356 g/mol. The van der Waals surface area contributed by atoms with Gasteiger partial charge in [-0.3, -0.25) is 0 Å². The van der Waals surface area contributed by atoms with Crippen molar-refractivity contribution in [1.29, 1.82) is 0 Å². The fraction of sp³-hybridized carbons (Fsp3) is 1.00. The van der Waals surface area contributed by atoms with Crippen molar-refractivity contribution in [3.63, 3.8) is 0 Å². The van der Waals surface area contributed by atoms with E-state index in [-0.39, 0.29) is 0 Å². The van der Waals surface area contributed by atoms with E-state index >= 15 is 0 Å². The molecule has 4 unspecified atom stereocenters. The molecule has 0 aliphatic carbocycles. The number of aliphatic hydroxyl groups is 8. The highest BCUT2D eigenvalue weighted by atomic mass is 16.6. The van der Waals surface area contributed by atoms with Crippen LogP contribution in [0.15, 0.2) is 0 Å². The number of aliphatic hydroxyl groups excluding tert-OH is 8. The molecule has 0 aromatic heterocycles. The van der Waals surface area contributed by atoms with E-state index in [1.54, 1.807) is 13.8 Å². The molecular formula is C14H28O10. The van der Waals surface area contributed by atoms with Crippen molar-refractivity contribution in [2.45, 2.75) is 63.1 Å². The van der Waals surface area contributed by atoms with Gasteiger partial charge in [-0.25, -0.2) is 0 Å². The van der Waals surface area contributed by atoms with Crippen LogP contribution in [-0.4, -0.2) is 103 Å². The number of rotatable bonds is 2. The van der Waals surface area contributed by atoms with E-state index in [1.807, 2.05) is 0 Å². The van der Waals surface area contributed by atoms with Crippen LogP contribution in [0.25, 0.3) is 0 Å². The molecule has 2 aliphatic rings. The summed E-state index contributed by atoms with van der Waals surface area (Å²) in [6.45, 7) is 2.29. The normalized spacial score (nSPS) is 49.2. The third-order valence-electron chi connectivity index (χ3n) is 4.43. The summed E-state index contributed by atoms with van der Waals surface area (Å²) >= 11 is 0. The summed E-state index contributed by atoms with van der Waals surface area (Å²) in [6, 6.07) is 0. The lowest BCUT2D eigenvalue weighted by Crippen LogP contribution is -2.54. The van der Waals surface area contributed by atoms with E-state index < -0.39 is 74.3 Å². The third-order valence-corrected chi connectivity index (χ3v) is 4.43. The first-order valence-electron chi connectivity index (χ1n) is 7.76. The van der Waals surface area contributed by atoms with Crippen LogP contribution in [0.1, 0.15) is 13.8 Å². The van der Waals surface area contributed by atoms with Crippen LogP contribution < -0.4 is 0 Å². The molecule has 10 heteroatoms. The molecule has 0 bridgehead atoms. The van der Waals surface area contributed by atoms with Gasteiger partial charge in [-0.15, -0.1) is 0 Å². The highest BCUT2D eigenvalue weighted by molar-refractivity contribution is 4.86. The predicted octanol–water partition coefficient (Wildman–Crippen LogP) is -3.89. The molecular weight excluding hydrogens is 328 g/mol. The van der Waals surface area contributed by atoms with E-state index in [0.717, 1.165) is 0 Å². The van der Waals surface area contributed by atoms with Crippen LogP contribution >= 0.6 is 0 Å². The van der Waals surface area contributed by atoms with Crippen molar-refractivity contribution < 1.29 is 50.3 Å². The van der Waals surface area contributed by atoms with Crippen molar-refractivity contribution >= 4 is 0 Å². The van der Waals surface area contributed by atoms with Gasteiger partial charge < -0.3 is 50.3 Å². The summed E-state index contributed by atoms with van der Waals surface area (Å²) in [4.78, 5) is 0. The number of ether oxygens (including phenoxy) is 2. The second-order valence-corrected chi connectivity index (χ2v) is 6.18. The predicted molar refractivity (Wildman–Crippen MR) is 78.3 cm³/mol. The Hall–Kier alpha value is -0.400. The maximum atomic E-state index is 9.32. The zero-order valence-electron chi connectivity index (χ0n) is 13.6. The first-order valence-corrected chi connectivity index (χ1v) is 7.76. The summed E-state index contributed by atoms with van der Waals surface area (Å²) < 4.78 is 9.65. The first-order chi connectivity index (χ1) is 11.1. The van der Waals surface area contributed by atoms with Gasteiger partial charge in [0.2, 0.25) is 0 Å². The molecule has 2 aliphatic heterocycles. The van der Waals surface area contributed by atoms with Crippen LogP contribution in [0.4, 0.5) is 0 Å². The Labute approximate surface area is 139 Å². The molecule has 24 heavy (non-hydrogen) atoms. The van der Waals surface area contributed by atoms with E-state index in [2.05, 4.69) is 0 Å². The molecule has 0 saturated carbocycles. The molecule has 0 amide bonds. The van der Waals surface area contributed by atoms with E-state index in [4.69, 9.17) is 29.9 Å². The summed E-state index contributed by atoms with van der Waals surface area (Å²) in [7, 11) is 0. The first kappa shape index (κ1) is 21.6. The van der Waals surface area contributed by atoms with Crippen LogP contribution in [0, 0.1) is 11.8 Å². The second kappa shape index (κ2) is 9.34. The largest absolute Gasteiger partial charge is 0.394 e. The molecule has 2 fully saturated rings. The summed E-state index contributed by atoms with van der Waals surface area (Å²) in [5.74, 6) is -1.08. The fourth-order valence-corrected chi connectivity index (χ4v) is 2.47. The SMILES string of the molecule is CC1[C@@H](O)[C@@H](O)C(CO)O[C@@H]1O.CC1[C@H](O)OC(CO)[C@@H](O)[C@H]1O. The summed E-state index contributed by atoms with van der Waals surface area (Å²) in [6.07, 6.45) is -8.41. The highest BCUT2D eigenvalue weighted by Crippen LogP contribution is 2.24. The van der Waals surface area contributed by atoms with Gasteiger partial charge in [0.15, 0.2) is 12.6 Å². The Morgan fingerprint density at radius 2 is 0.875 bits per heavy atom. The Kier molecular flexibility index (Phi) is 8.42. The van der Waals surface area contributed by atoms with Crippen LogP contribution in [-0.2, 0) is 9.47 Å². The zero-order chi connectivity index (χ0) is 18.6. The van der Waals surface area contributed by atoms with Gasteiger partial charge in [0.1, 0.15) is 24.4 Å². The van der Waals surface area contributed by atoms with Gasteiger partial charge in [0.25, 0.3) is 0 Å². The fourth-order valence-electron chi connectivity index (χ4n) is 2.47. The Morgan fingerprint density at radius 3 is 1.12 bits per heavy atom. The Morgan fingerprint density at radius 1 is 0.583 bits per heavy atom. The highest BCUT2D eigenvalue weighted by Gasteiger charge is 2.41. The average molecular weight is 356 g/mol. The van der Waals surface area contributed by atoms with Crippen molar-refractivity contribution in [3.05, 3.63) is 0 Å². The summed E-state index contributed by atoms with van der Waals surface area (Å²) in [5, 5.41) is 72.9. The van der Waals surface area contributed by atoms with Crippen molar-refractivity contribution in [3.8, 4) is 0 Å². The molecule has 10 nitrogen and oxygen atoms in total. The van der Waals surface area contributed by atoms with Gasteiger partial charge in [-0.2, -0.15) is 0 Å². The van der Waals surface area contributed by atoms with Crippen LogP contribution in [0.5, 0.6) is 0 Å². The van der Waals surface area contributed by atoms with Crippen molar-refractivity contribution in [2.24, 2.45) is 11.8 Å².